The van der Waals surface area contributed by atoms with E-state index < -0.39 is 18.0 Å². The summed E-state index contributed by atoms with van der Waals surface area (Å²) in [6.45, 7) is 2.07. The predicted octanol–water partition coefficient (Wildman–Crippen LogP) is 3.72. The van der Waals surface area contributed by atoms with E-state index in [-0.39, 0.29) is 16.5 Å². The minimum Gasteiger partial charge on any atom is -0.495 e. The van der Waals surface area contributed by atoms with Crippen LogP contribution in [0.1, 0.15) is 35.1 Å². The van der Waals surface area contributed by atoms with Crippen LogP contribution in [0.2, 0.25) is 5.02 Å². The van der Waals surface area contributed by atoms with Crippen molar-refractivity contribution in [3.8, 4) is 5.75 Å². The van der Waals surface area contributed by atoms with Gasteiger partial charge >= 0.3 is 6.18 Å². The molecule has 32 heavy (non-hydrogen) atoms. The molecule has 0 aliphatic carbocycles. The topological polar surface area (TPSA) is 93.7 Å². The zero-order chi connectivity index (χ0) is 23.6. The molecular formula is C21H21ClF3N5O2. The fourth-order valence-corrected chi connectivity index (χ4v) is 3.83. The Morgan fingerprint density at radius 1 is 1.31 bits per heavy atom. The molecule has 0 spiro atoms. The van der Waals surface area contributed by atoms with E-state index in [1.165, 1.54) is 14.2 Å². The number of hydrogen-bond acceptors (Lipinski definition) is 6. The number of halogens is 4. The molecule has 1 atom stereocenters. The number of hydrogen-bond donors (Lipinski definition) is 1. The van der Waals surface area contributed by atoms with E-state index in [9.17, 15) is 18.0 Å². The zero-order valence-electron chi connectivity index (χ0n) is 17.6. The molecule has 2 aromatic rings. The molecule has 11 heteroatoms. The molecule has 0 saturated carbocycles. The van der Waals surface area contributed by atoms with E-state index in [0.29, 0.717) is 41.3 Å². The van der Waals surface area contributed by atoms with Crippen LogP contribution in [0.15, 0.2) is 46.9 Å². The highest BCUT2D eigenvalue weighted by molar-refractivity contribution is 6.35. The molecule has 2 N–H and O–H groups in total. The Labute approximate surface area is 187 Å². The summed E-state index contributed by atoms with van der Waals surface area (Å²) in [5, 5.41) is 0.207. The first-order chi connectivity index (χ1) is 15.1. The van der Waals surface area contributed by atoms with Crippen LogP contribution in [0.25, 0.3) is 0 Å². The van der Waals surface area contributed by atoms with E-state index in [2.05, 4.69) is 15.0 Å². The lowest BCUT2D eigenvalue weighted by molar-refractivity contribution is -0.145. The van der Waals surface area contributed by atoms with Gasteiger partial charge in [0.05, 0.1) is 29.4 Å². The summed E-state index contributed by atoms with van der Waals surface area (Å²) in [5.74, 6) is -1.16. The first-order valence-corrected chi connectivity index (χ1v) is 9.96. The molecule has 7 nitrogen and oxygen atoms in total. The lowest BCUT2D eigenvalue weighted by Crippen LogP contribution is -2.46. The first-order valence-electron chi connectivity index (χ1n) is 9.58. The smallest absolute Gasteiger partial charge is 0.451 e. The fourth-order valence-electron chi connectivity index (χ4n) is 3.55. The predicted molar refractivity (Wildman–Crippen MR) is 114 cm³/mol. The fraction of sp³-hybridized carbons (Fsp3) is 0.333. The molecule has 0 saturated heterocycles. The third kappa shape index (κ3) is 4.40. The largest absolute Gasteiger partial charge is 0.495 e. The Morgan fingerprint density at radius 2 is 1.97 bits per heavy atom. The second kappa shape index (κ2) is 9.15. The molecule has 1 aromatic heterocycles. The molecule has 0 radical (unpaired) electrons. The van der Waals surface area contributed by atoms with Crippen molar-refractivity contribution in [2.24, 2.45) is 10.7 Å². The van der Waals surface area contributed by atoms with Crippen LogP contribution >= 0.6 is 11.6 Å². The van der Waals surface area contributed by atoms with Gasteiger partial charge in [-0.2, -0.15) is 13.2 Å². The average Bonchev–Trinajstić information content (AvgIpc) is 2.76. The maximum absolute atomic E-state index is 13.1. The SMILES string of the molecule is CN=C(C1=C(N)[C@H](C)N(C(=O)c2cccc(OC)c2Cl)CC1)c1cnc(C(F)(F)F)nc1. The minimum atomic E-state index is -4.64. The van der Waals surface area contributed by atoms with Crippen molar-refractivity contribution in [3.05, 3.63) is 63.8 Å². The summed E-state index contributed by atoms with van der Waals surface area (Å²) in [4.78, 5) is 25.7. The highest BCUT2D eigenvalue weighted by Crippen LogP contribution is 2.32. The van der Waals surface area contributed by atoms with Crippen molar-refractivity contribution in [3.63, 3.8) is 0 Å². The number of methoxy groups -OCH3 is 1. The molecule has 0 bridgehead atoms. The van der Waals surface area contributed by atoms with Gasteiger partial charge in [0, 0.05) is 42.8 Å². The van der Waals surface area contributed by atoms with Crippen LogP contribution in [-0.2, 0) is 6.18 Å². The van der Waals surface area contributed by atoms with Crippen LogP contribution in [-0.4, -0.2) is 53.2 Å². The number of ether oxygens (including phenoxy) is 1. The number of alkyl halides is 3. The van der Waals surface area contributed by atoms with Gasteiger partial charge in [0.15, 0.2) is 0 Å². The normalized spacial score (nSPS) is 17.5. The number of nitrogens with zero attached hydrogens (tertiary/aromatic N) is 4. The second-order valence-corrected chi connectivity index (χ2v) is 7.42. The second-order valence-electron chi connectivity index (χ2n) is 7.05. The van der Waals surface area contributed by atoms with Gasteiger partial charge in [0.1, 0.15) is 5.75 Å². The number of amides is 1. The molecule has 1 aromatic carbocycles. The van der Waals surface area contributed by atoms with Gasteiger partial charge < -0.3 is 15.4 Å². The van der Waals surface area contributed by atoms with Crippen molar-refractivity contribution < 1.29 is 22.7 Å². The molecular weight excluding hydrogens is 447 g/mol. The van der Waals surface area contributed by atoms with Crippen LogP contribution < -0.4 is 10.5 Å². The van der Waals surface area contributed by atoms with Crippen LogP contribution in [0, 0.1) is 0 Å². The Bertz CT molecular complexity index is 1080. The summed E-state index contributed by atoms with van der Waals surface area (Å²) >= 11 is 6.30. The maximum atomic E-state index is 13.1. The van der Waals surface area contributed by atoms with Gasteiger partial charge in [-0.25, -0.2) is 9.97 Å². The Kier molecular flexibility index (Phi) is 6.73. The summed E-state index contributed by atoms with van der Waals surface area (Å²) in [5.41, 5.74) is 8.35. The number of aromatic nitrogens is 2. The van der Waals surface area contributed by atoms with Gasteiger partial charge in [0.2, 0.25) is 5.82 Å². The third-order valence-electron chi connectivity index (χ3n) is 5.23. The van der Waals surface area contributed by atoms with Gasteiger partial charge in [-0.1, -0.05) is 17.7 Å². The molecule has 0 unspecified atom stereocenters. The quantitative estimate of drug-likeness (QED) is 0.691. The minimum absolute atomic E-state index is 0.207. The molecule has 1 aliphatic heterocycles. The number of benzene rings is 1. The number of nitrogens with two attached hydrogens (primary N) is 1. The van der Waals surface area contributed by atoms with E-state index in [0.717, 1.165) is 12.4 Å². The van der Waals surface area contributed by atoms with Crippen LogP contribution in [0.3, 0.4) is 0 Å². The monoisotopic (exact) mass is 467 g/mol. The van der Waals surface area contributed by atoms with Crippen LogP contribution in [0.5, 0.6) is 5.75 Å². The third-order valence-corrected chi connectivity index (χ3v) is 5.62. The summed E-state index contributed by atoms with van der Waals surface area (Å²) in [6.07, 6.45) is -2.16. The van der Waals surface area contributed by atoms with Gasteiger partial charge in [-0.15, -0.1) is 0 Å². The highest BCUT2D eigenvalue weighted by atomic mass is 35.5. The first kappa shape index (κ1) is 23.5. The lowest BCUT2D eigenvalue weighted by atomic mass is 9.92. The van der Waals surface area contributed by atoms with E-state index >= 15 is 0 Å². The van der Waals surface area contributed by atoms with Gasteiger partial charge in [-0.3, -0.25) is 9.79 Å². The number of rotatable bonds is 4. The van der Waals surface area contributed by atoms with Crippen molar-refractivity contribution in [1.29, 1.82) is 0 Å². The van der Waals surface area contributed by atoms with Crippen molar-refractivity contribution in [2.75, 3.05) is 20.7 Å². The number of carbonyl (C=O) groups excluding carboxylic acids is 1. The maximum Gasteiger partial charge on any atom is 0.451 e. The van der Waals surface area contributed by atoms with Crippen molar-refractivity contribution >= 4 is 23.2 Å². The summed E-state index contributed by atoms with van der Waals surface area (Å²) in [6, 6.07) is 4.43. The Balaban J connectivity index is 1.90. The molecule has 2 heterocycles. The van der Waals surface area contributed by atoms with Gasteiger partial charge in [0.25, 0.3) is 5.91 Å². The van der Waals surface area contributed by atoms with Crippen molar-refractivity contribution in [1.82, 2.24) is 14.9 Å². The van der Waals surface area contributed by atoms with Gasteiger partial charge in [-0.05, 0) is 25.5 Å². The lowest BCUT2D eigenvalue weighted by Gasteiger charge is -2.36. The molecule has 1 amide bonds. The molecule has 1 aliphatic rings. The zero-order valence-corrected chi connectivity index (χ0v) is 18.3. The summed E-state index contributed by atoms with van der Waals surface area (Å²) in [7, 11) is 2.97. The molecule has 0 fully saturated rings. The van der Waals surface area contributed by atoms with E-state index in [4.69, 9.17) is 22.1 Å². The number of aliphatic imine (C=N–C) groups is 1. The van der Waals surface area contributed by atoms with E-state index in [1.807, 2.05) is 0 Å². The molecule has 3 rings (SSSR count). The average molecular weight is 468 g/mol. The Morgan fingerprint density at radius 3 is 2.53 bits per heavy atom. The number of carbonyl (C=O) groups is 1. The standard InChI is InChI=1S/C21H21ClF3N5O2/c1-11-17(26)14(18(27-2)12-9-28-20(29-10-12)21(23,24)25)7-8-30(11)19(31)13-5-4-6-15(32-3)16(13)22/h4-6,9-11H,7-8,26H2,1-3H3/t11-/m0/s1. The van der Waals surface area contributed by atoms with Crippen LogP contribution in [0.4, 0.5) is 13.2 Å². The van der Waals surface area contributed by atoms with E-state index in [1.54, 1.807) is 30.0 Å². The highest BCUT2D eigenvalue weighted by Gasteiger charge is 2.35. The Hall–Kier alpha value is -3.14. The molecule has 170 valence electrons. The van der Waals surface area contributed by atoms with Crippen molar-refractivity contribution in [2.45, 2.75) is 25.6 Å². The summed E-state index contributed by atoms with van der Waals surface area (Å²) < 4.78 is 43.5.